The SMILES string of the molecule is COc1ccc(CC(CNC(=O)NC2CCOCC2)c2ccccc2)cc1. The van der Waals surface area contributed by atoms with E-state index in [9.17, 15) is 4.79 Å². The molecule has 2 aromatic rings. The van der Waals surface area contributed by atoms with Gasteiger partial charge in [0, 0.05) is 31.7 Å². The second kappa shape index (κ2) is 9.97. The normalized spacial score (nSPS) is 15.7. The number of nitrogens with one attached hydrogen (secondary N) is 2. The van der Waals surface area contributed by atoms with Gasteiger partial charge < -0.3 is 20.1 Å². The molecular formula is C22H28N2O3. The Morgan fingerprint density at radius 2 is 1.81 bits per heavy atom. The number of hydrogen-bond acceptors (Lipinski definition) is 3. The first-order valence-electron chi connectivity index (χ1n) is 9.54. The molecule has 0 bridgehead atoms. The van der Waals surface area contributed by atoms with Gasteiger partial charge in [-0.2, -0.15) is 0 Å². The molecule has 0 aromatic heterocycles. The lowest BCUT2D eigenvalue weighted by Crippen LogP contribution is -2.45. The predicted molar refractivity (Wildman–Crippen MR) is 106 cm³/mol. The van der Waals surface area contributed by atoms with Gasteiger partial charge in [-0.15, -0.1) is 0 Å². The second-order valence-electron chi connectivity index (χ2n) is 6.90. The molecule has 3 rings (SSSR count). The Balaban J connectivity index is 1.60. The Kier molecular flexibility index (Phi) is 7.11. The van der Waals surface area contributed by atoms with Crippen molar-refractivity contribution >= 4 is 6.03 Å². The Labute approximate surface area is 161 Å². The summed E-state index contributed by atoms with van der Waals surface area (Å²) in [5.41, 5.74) is 2.44. The monoisotopic (exact) mass is 368 g/mol. The van der Waals surface area contributed by atoms with E-state index in [1.807, 2.05) is 30.3 Å². The van der Waals surface area contributed by atoms with Crippen LogP contribution < -0.4 is 15.4 Å². The number of benzene rings is 2. The van der Waals surface area contributed by atoms with Crippen molar-refractivity contribution in [3.05, 3.63) is 65.7 Å². The standard InChI is InChI=1S/C22H28N2O3/c1-26-21-9-7-17(8-10-21)15-19(18-5-3-2-4-6-18)16-23-22(25)24-20-11-13-27-14-12-20/h2-10,19-20H,11-16H2,1H3,(H2,23,24,25). The van der Waals surface area contributed by atoms with Crippen LogP contribution in [0.5, 0.6) is 5.75 Å². The zero-order chi connectivity index (χ0) is 18.9. The minimum absolute atomic E-state index is 0.0995. The van der Waals surface area contributed by atoms with E-state index >= 15 is 0 Å². The quantitative estimate of drug-likeness (QED) is 0.786. The molecule has 27 heavy (non-hydrogen) atoms. The fourth-order valence-corrected chi connectivity index (χ4v) is 3.37. The molecule has 2 amide bonds. The van der Waals surface area contributed by atoms with Crippen LogP contribution >= 0.6 is 0 Å². The molecular weight excluding hydrogens is 340 g/mol. The number of ether oxygens (including phenoxy) is 2. The number of carbonyl (C=O) groups is 1. The Morgan fingerprint density at radius 1 is 1.11 bits per heavy atom. The maximum atomic E-state index is 12.3. The zero-order valence-electron chi connectivity index (χ0n) is 15.8. The highest BCUT2D eigenvalue weighted by molar-refractivity contribution is 5.74. The number of amides is 2. The molecule has 5 heteroatoms. The first-order chi connectivity index (χ1) is 13.2. The molecule has 0 saturated carbocycles. The maximum absolute atomic E-state index is 12.3. The summed E-state index contributed by atoms with van der Waals surface area (Å²) in [5.74, 6) is 1.06. The molecule has 2 N–H and O–H groups in total. The van der Waals surface area contributed by atoms with Gasteiger partial charge in [0.2, 0.25) is 0 Å². The highest BCUT2D eigenvalue weighted by Crippen LogP contribution is 2.22. The molecule has 1 atom stereocenters. The minimum atomic E-state index is -0.0995. The van der Waals surface area contributed by atoms with Gasteiger partial charge in [0.15, 0.2) is 0 Å². The van der Waals surface area contributed by atoms with Crippen molar-refractivity contribution in [2.24, 2.45) is 0 Å². The van der Waals surface area contributed by atoms with Crippen LogP contribution in [0.4, 0.5) is 4.79 Å². The molecule has 0 aliphatic carbocycles. The van der Waals surface area contributed by atoms with Crippen molar-refractivity contribution in [1.29, 1.82) is 0 Å². The van der Waals surface area contributed by atoms with E-state index in [0.29, 0.717) is 6.54 Å². The first-order valence-corrected chi connectivity index (χ1v) is 9.54. The van der Waals surface area contributed by atoms with E-state index in [0.717, 1.165) is 38.2 Å². The lowest BCUT2D eigenvalue weighted by Gasteiger charge is -2.24. The smallest absolute Gasteiger partial charge is 0.315 e. The van der Waals surface area contributed by atoms with Gasteiger partial charge in [-0.05, 0) is 42.5 Å². The van der Waals surface area contributed by atoms with E-state index in [1.54, 1.807) is 7.11 Å². The summed E-state index contributed by atoms with van der Waals surface area (Å²) in [4.78, 5) is 12.3. The lowest BCUT2D eigenvalue weighted by molar-refractivity contribution is 0.0801. The van der Waals surface area contributed by atoms with Crippen LogP contribution in [0.25, 0.3) is 0 Å². The Morgan fingerprint density at radius 3 is 2.48 bits per heavy atom. The Bertz CT molecular complexity index is 697. The van der Waals surface area contributed by atoms with E-state index in [2.05, 4.69) is 34.9 Å². The summed E-state index contributed by atoms with van der Waals surface area (Å²) >= 11 is 0. The van der Waals surface area contributed by atoms with Crippen LogP contribution in [0.15, 0.2) is 54.6 Å². The number of hydrogen-bond donors (Lipinski definition) is 2. The number of methoxy groups -OCH3 is 1. The molecule has 1 unspecified atom stereocenters. The summed E-state index contributed by atoms with van der Waals surface area (Å²) in [6.07, 6.45) is 2.61. The molecule has 0 spiro atoms. The molecule has 144 valence electrons. The van der Waals surface area contributed by atoms with E-state index < -0.39 is 0 Å². The average molecular weight is 368 g/mol. The highest BCUT2D eigenvalue weighted by Gasteiger charge is 2.18. The molecule has 1 fully saturated rings. The van der Waals surface area contributed by atoms with E-state index in [-0.39, 0.29) is 18.0 Å². The summed E-state index contributed by atoms with van der Waals surface area (Å²) in [5, 5.41) is 6.11. The topological polar surface area (TPSA) is 59.6 Å². The largest absolute Gasteiger partial charge is 0.497 e. The third-order valence-corrected chi connectivity index (χ3v) is 4.98. The van der Waals surface area contributed by atoms with Crippen LogP contribution in [0.2, 0.25) is 0 Å². The maximum Gasteiger partial charge on any atom is 0.315 e. The average Bonchev–Trinajstić information content (AvgIpc) is 2.73. The molecule has 1 heterocycles. The van der Waals surface area contributed by atoms with Crippen molar-refractivity contribution in [3.63, 3.8) is 0 Å². The first kappa shape index (κ1) is 19.2. The van der Waals surface area contributed by atoms with Crippen LogP contribution in [0.1, 0.15) is 29.9 Å². The van der Waals surface area contributed by atoms with Crippen molar-refractivity contribution in [3.8, 4) is 5.75 Å². The van der Waals surface area contributed by atoms with Crippen LogP contribution in [0, 0.1) is 0 Å². The minimum Gasteiger partial charge on any atom is -0.497 e. The highest BCUT2D eigenvalue weighted by atomic mass is 16.5. The summed E-state index contributed by atoms with van der Waals surface area (Å²) in [6, 6.07) is 18.5. The summed E-state index contributed by atoms with van der Waals surface area (Å²) in [6.45, 7) is 2.02. The van der Waals surface area contributed by atoms with Gasteiger partial charge in [0.25, 0.3) is 0 Å². The number of rotatable bonds is 7. The van der Waals surface area contributed by atoms with Crippen molar-refractivity contribution < 1.29 is 14.3 Å². The van der Waals surface area contributed by atoms with Gasteiger partial charge in [0.05, 0.1) is 7.11 Å². The fraction of sp³-hybridized carbons (Fsp3) is 0.409. The molecule has 0 radical (unpaired) electrons. The number of carbonyl (C=O) groups excluding carboxylic acids is 1. The lowest BCUT2D eigenvalue weighted by atomic mass is 9.92. The van der Waals surface area contributed by atoms with Crippen LogP contribution in [-0.2, 0) is 11.2 Å². The summed E-state index contributed by atoms with van der Waals surface area (Å²) in [7, 11) is 1.67. The summed E-state index contributed by atoms with van der Waals surface area (Å²) < 4.78 is 10.6. The van der Waals surface area contributed by atoms with Gasteiger partial charge in [-0.25, -0.2) is 4.79 Å². The molecule has 1 aliphatic rings. The third-order valence-electron chi connectivity index (χ3n) is 4.98. The van der Waals surface area contributed by atoms with Gasteiger partial charge in [0.1, 0.15) is 5.75 Å². The van der Waals surface area contributed by atoms with Gasteiger partial charge in [-0.1, -0.05) is 42.5 Å². The molecule has 5 nitrogen and oxygen atoms in total. The second-order valence-corrected chi connectivity index (χ2v) is 6.90. The van der Waals surface area contributed by atoms with Gasteiger partial charge >= 0.3 is 6.03 Å². The number of urea groups is 1. The Hall–Kier alpha value is -2.53. The van der Waals surface area contributed by atoms with Crippen molar-refractivity contribution in [2.75, 3.05) is 26.9 Å². The molecule has 1 aliphatic heterocycles. The molecule has 1 saturated heterocycles. The predicted octanol–water partition coefficient (Wildman–Crippen LogP) is 3.50. The van der Waals surface area contributed by atoms with Crippen LogP contribution in [0.3, 0.4) is 0 Å². The van der Waals surface area contributed by atoms with Crippen molar-refractivity contribution in [2.45, 2.75) is 31.2 Å². The fourth-order valence-electron chi connectivity index (χ4n) is 3.37. The van der Waals surface area contributed by atoms with E-state index in [1.165, 1.54) is 11.1 Å². The van der Waals surface area contributed by atoms with Crippen molar-refractivity contribution in [1.82, 2.24) is 10.6 Å². The van der Waals surface area contributed by atoms with Crippen LogP contribution in [-0.4, -0.2) is 38.9 Å². The zero-order valence-corrected chi connectivity index (χ0v) is 15.8. The van der Waals surface area contributed by atoms with E-state index in [4.69, 9.17) is 9.47 Å². The molecule has 2 aromatic carbocycles. The van der Waals surface area contributed by atoms with Gasteiger partial charge in [-0.3, -0.25) is 0 Å². The third kappa shape index (κ3) is 6.00.